The Labute approximate surface area is 239 Å². The summed E-state index contributed by atoms with van der Waals surface area (Å²) in [4.78, 5) is 29.0. The van der Waals surface area contributed by atoms with E-state index in [4.69, 9.17) is 0 Å². The average molecular weight is 564 g/mol. The fourth-order valence-electron chi connectivity index (χ4n) is 4.53. The Hall–Kier alpha value is -3.65. The van der Waals surface area contributed by atoms with Gasteiger partial charge in [0.05, 0.1) is 10.6 Å². The SMILES string of the molecule is CCCNC(=O)[C@@H](CC)N(Cc1ccc(C)cc1)C(=O)CN(c1cccc(C)c1C)S(=O)(=O)c1ccc(C)cc1. The molecule has 3 aromatic rings. The first-order valence-corrected chi connectivity index (χ1v) is 15.2. The van der Waals surface area contributed by atoms with E-state index in [1.807, 2.05) is 71.9 Å². The molecular formula is C32H41N3O4S. The molecule has 40 heavy (non-hydrogen) atoms. The third kappa shape index (κ3) is 7.30. The lowest BCUT2D eigenvalue weighted by Crippen LogP contribution is -2.52. The number of hydrogen-bond donors (Lipinski definition) is 1. The van der Waals surface area contributed by atoms with Gasteiger partial charge in [0, 0.05) is 13.1 Å². The minimum atomic E-state index is -4.10. The molecule has 2 amide bonds. The van der Waals surface area contributed by atoms with Crippen molar-refractivity contribution in [2.75, 3.05) is 17.4 Å². The van der Waals surface area contributed by atoms with Crippen LogP contribution in [0.3, 0.4) is 0 Å². The van der Waals surface area contributed by atoms with Crippen LogP contribution in [0.25, 0.3) is 0 Å². The molecule has 0 aliphatic carbocycles. The summed E-state index contributed by atoms with van der Waals surface area (Å²) in [5.74, 6) is -0.694. The lowest BCUT2D eigenvalue weighted by Gasteiger charge is -2.33. The minimum absolute atomic E-state index is 0.102. The van der Waals surface area contributed by atoms with E-state index < -0.39 is 28.5 Å². The van der Waals surface area contributed by atoms with Crippen LogP contribution in [-0.2, 0) is 26.2 Å². The average Bonchev–Trinajstić information content (AvgIpc) is 2.93. The summed E-state index contributed by atoms with van der Waals surface area (Å²) in [5.41, 5.74) is 4.99. The standard InChI is InChI=1S/C32H41N3O4S/c1-7-20-33-32(37)29(8-2)34(21-27-16-12-23(3)13-17-27)31(36)22-35(30-11-9-10-25(5)26(30)6)40(38,39)28-18-14-24(4)15-19-28/h9-19,29H,7-8,20-22H2,1-6H3,(H,33,37)/t29-/m1/s1. The van der Waals surface area contributed by atoms with E-state index >= 15 is 0 Å². The van der Waals surface area contributed by atoms with Crippen LogP contribution in [0.4, 0.5) is 5.69 Å². The first kappa shape index (κ1) is 30.9. The van der Waals surface area contributed by atoms with Gasteiger partial charge in [-0.3, -0.25) is 13.9 Å². The molecule has 0 spiro atoms. The van der Waals surface area contributed by atoms with Gasteiger partial charge in [0.15, 0.2) is 0 Å². The van der Waals surface area contributed by atoms with Crippen LogP contribution >= 0.6 is 0 Å². The molecule has 3 rings (SSSR count). The molecule has 0 radical (unpaired) electrons. The second-order valence-electron chi connectivity index (χ2n) is 10.3. The van der Waals surface area contributed by atoms with Gasteiger partial charge in [0.25, 0.3) is 10.0 Å². The van der Waals surface area contributed by atoms with Crippen molar-refractivity contribution in [1.29, 1.82) is 0 Å². The van der Waals surface area contributed by atoms with Crippen molar-refractivity contribution in [3.63, 3.8) is 0 Å². The second kappa shape index (κ2) is 13.6. The summed E-state index contributed by atoms with van der Waals surface area (Å²) in [6.07, 6.45) is 1.16. The highest BCUT2D eigenvalue weighted by atomic mass is 32.2. The molecule has 1 atom stereocenters. The van der Waals surface area contributed by atoms with Crippen LogP contribution in [0, 0.1) is 27.7 Å². The van der Waals surface area contributed by atoms with E-state index in [2.05, 4.69) is 5.32 Å². The molecule has 0 aromatic heterocycles. The molecule has 8 heteroatoms. The zero-order valence-electron chi connectivity index (χ0n) is 24.4. The fraction of sp³-hybridized carbons (Fsp3) is 0.375. The quantitative estimate of drug-likeness (QED) is 0.318. The smallest absolute Gasteiger partial charge is 0.264 e. The fourth-order valence-corrected chi connectivity index (χ4v) is 6.00. The molecule has 0 aliphatic heterocycles. The Morgan fingerprint density at radius 3 is 2.02 bits per heavy atom. The molecule has 0 unspecified atom stereocenters. The number of benzene rings is 3. The molecule has 214 valence electrons. The molecule has 0 fully saturated rings. The van der Waals surface area contributed by atoms with E-state index in [1.54, 1.807) is 36.4 Å². The van der Waals surface area contributed by atoms with Crippen LogP contribution in [0.2, 0.25) is 0 Å². The maximum Gasteiger partial charge on any atom is 0.264 e. The second-order valence-corrected chi connectivity index (χ2v) is 12.1. The Kier molecular flexibility index (Phi) is 10.5. The van der Waals surface area contributed by atoms with E-state index in [9.17, 15) is 18.0 Å². The maximum atomic E-state index is 14.1. The van der Waals surface area contributed by atoms with E-state index in [0.717, 1.165) is 34.2 Å². The van der Waals surface area contributed by atoms with Crippen molar-refractivity contribution in [3.05, 3.63) is 94.5 Å². The number of nitrogens with zero attached hydrogens (tertiary/aromatic N) is 2. The summed E-state index contributed by atoms with van der Waals surface area (Å²) in [5, 5.41) is 2.91. The third-order valence-corrected chi connectivity index (χ3v) is 8.92. The number of aryl methyl sites for hydroxylation is 3. The van der Waals surface area contributed by atoms with Gasteiger partial charge in [-0.25, -0.2) is 8.42 Å². The summed E-state index contributed by atoms with van der Waals surface area (Å²) < 4.78 is 29.3. The minimum Gasteiger partial charge on any atom is -0.354 e. The Balaban J connectivity index is 2.09. The molecular weight excluding hydrogens is 522 g/mol. The highest BCUT2D eigenvalue weighted by Gasteiger charge is 2.34. The number of amides is 2. The Bertz CT molecular complexity index is 1420. The number of carbonyl (C=O) groups excluding carboxylic acids is 2. The maximum absolute atomic E-state index is 14.1. The third-order valence-electron chi connectivity index (χ3n) is 7.14. The van der Waals surface area contributed by atoms with Crippen LogP contribution in [0.1, 0.15) is 54.5 Å². The number of sulfonamides is 1. The van der Waals surface area contributed by atoms with Crippen molar-refractivity contribution < 1.29 is 18.0 Å². The predicted octanol–water partition coefficient (Wildman–Crippen LogP) is 5.45. The van der Waals surface area contributed by atoms with Crippen molar-refractivity contribution in [3.8, 4) is 0 Å². The Morgan fingerprint density at radius 1 is 0.850 bits per heavy atom. The van der Waals surface area contributed by atoms with Gasteiger partial charge in [0.2, 0.25) is 11.8 Å². The largest absolute Gasteiger partial charge is 0.354 e. The van der Waals surface area contributed by atoms with Crippen LogP contribution in [-0.4, -0.2) is 44.3 Å². The van der Waals surface area contributed by atoms with Gasteiger partial charge in [-0.05, 0) is 75.4 Å². The summed E-state index contributed by atoms with van der Waals surface area (Å²) in [6, 6.07) is 19.0. The highest BCUT2D eigenvalue weighted by Crippen LogP contribution is 2.29. The Morgan fingerprint density at radius 2 is 1.45 bits per heavy atom. The van der Waals surface area contributed by atoms with E-state index in [0.29, 0.717) is 18.7 Å². The van der Waals surface area contributed by atoms with Gasteiger partial charge in [-0.1, -0.05) is 73.5 Å². The molecule has 0 saturated heterocycles. The van der Waals surface area contributed by atoms with Gasteiger partial charge in [-0.15, -0.1) is 0 Å². The van der Waals surface area contributed by atoms with E-state index in [-0.39, 0.29) is 17.3 Å². The van der Waals surface area contributed by atoms with Gasteiger partial charge >= 0.3 is 0 Å². The zero-order valence-corrected chi connectivity index (χ0v) is 25.2. The number of nitrogens with one attached hydrogen (secondary N) is 1. The van der Waals surface area contributed by atoms with Crippen molar-refractivity contribution >= 4 is 27.5 Å². The van der Waals surface area contributed by atoms with Gasteiger partial charge < -0.3 is 10.2 Å². The molecule has 3 aromatic carbocycles. The lowest BCUT2D eigenvalue weighted by molar-refractivity contribution is -0.140. The number of carbonyl (C=O) groups is 2. The van der Waals surface area contributed by atoms with Crippen molar-refractivity contribution in [1.82, 2.24) is 10.2 Å². The molecule has 1 N–H and O–H groups in total. The molecule has 0 saturated carbocycles. The summed E-state index contributed by atoms with van der Waals surface area (Å²) in [6.45, 7) is 11.7. The monoisotopic (exact) mass is 563 g/mol. The molecule has 0 aliphatic rings. The van der Waals surface area contributed by atoms with Crippen LogP contribution < -0.4 is 9.62 Å². The van der Waals surface area contributed by atoms with Gasteiger partial charge in [0.1, 0.15) is 12.6 Å². The lowest BCUT2D eigenvalue weighted by atomic mass is 10.1. The van der Waals surface area contributed by atoms with E-state index in [1.165, 1.54) is 9.21 Å². The van der Waals surface area contributed by atoms with Crippen LogP contribution in [0.5, 0.6) is 0 Å². The first-order chi connectivity index (χ1) is 19.0. The highest BCUT2D eigenvalue weighted by molar-refractivity contribution is 7.92. The predicted molar refractivity (Wildman–Crippen MR) is 161 cm³/mol. The van der Waals surface area contributed by atoms with Crippen LogP contribution in [0.15, 0.2) is 71.6 Å². The normalized spacial score (nSPS) is 12.1. The molecule has 0 bridgehead atoms. The number of rotatable bonds is 12. The first-order valence-electron chi connectivity index (χ1n) is 13.8. The number of anilines is 1. The van der Waals surface area contributed by atoms with Crippen molar-refractivity contribution in [2.24, 2.45) is 0 Å². The summed E-state index contributed by atoms with van der Waals surface area (Å²) >= 11 is 0. The molecule has 7 nitrogen and oxygen atoms in total. The zero-order chi connectivity index (χ0) is 29.4. The molecule has 0 heterocycles. The van der Waals surface area contributed by atoms with Gasteiger partial charge in [-0.2, -0.15) is 0 Å². The number of hydrogen-bond acceptors (Lipinski definition) is 4. The van der Waals surface area contributed by atoms with Crippen molar-refractivity contribution in [2.45, 2.75) is 71.9 Å². The topological polar surface area (TPSA) is 86.8 Å². The summed E-state index contributed by atoms with van der Waals surface area (Å²) in [7, 11) is -4.10.